The zero-order chi connectivity index (χ0) is 13.2. The Morgan fingerprint density at radius 1 is 1.11 bits per heavy atom. The van der Waals surface area contributed by atoms with Gasteiger partial charge in [-0.05, 0) is 19.4 Å². The highest BCUT2D eigenvalue weighted by atomic mass is 35.5. The van der Waals surface area contributed by atoms with E-state index in [9.17, 15) is 0 Å². The lowest BCUT2D eigenvalue weighted by atomic mass is 10.1. The first kappa shape index (κ1) is 14.1. The van der Waals surface area contributed by atoms with Crippen molar-refractivity contribution in [3.63, 3.8) is 0 Å². The van der Waals surface area contributed by atoms with Crippen LogP contribution in [0.4, 0.5) is 0 Å². The lowest BCUT2D eigenvalue weighted by molar-refractivity contribution is -0.149. The zero-order valence-corrected chi connectivity index (χ0v) is 12.1. The van der Waals surface area contributed by atoms with Gasteiger partial charge >= 0.3 is 0 Å². The summed E-state index contributed by atoms with van der Waals surface area (Å²) >= 11 is 12.8. The second kappa shape index (κ2) is 5.79. The second-order valence-corrected chi connectivity index (χ2v) is 5.81. The fourth-order valence-electron chi connectivity index (χ4n) is 2.36. The van der Waals surface area contributed by atoms with Crippen molar-refractivity contribution >= 4 is 23.2 Å². The van der Waals surface area contributed by atoms with Gasteiger partial charge < -0.3 is 9.47 Å². The Morgan fingerprint density at radius 2 is 1.67 bits per heavy atom. The molecule has 1 aliphatic carbocycles. The van der Waals surface area contributed by atoms with E-state index in [-0.39, 0.29) is 18.1 Å². The molecule has 0 aromatic heterocycles. The third-order valence-electron chi connectivity index (χ3n) is 3.22. The summed E-state index contributed by atoms with van der Waals surface area (Å²) in [5.41, 5.74) is 1.14. The average molecular weight is 289 g/mol. The largest absolute Gasteiger partial charge is 0.353 e. The van der Waals surface area contributed by atoms with Crippen molar-refractivity contribution in [1.29, 1.82) is 0 Å². The molecule has 2 nitrogen and oxygen atoms in total. The average Bonchev–Trinajstić information content (AvgIpc) is 2.93. The molecule has 0 radical (unpaired) electrons. The number of ether oxygens (including phenoxy) is 2. The summed E-state index contributed by atoms with van der Waals surface area (Å²) in [5, 5.41) is 0. The molecule has 0 spiro atoms. The van der Waals surface area contributed by atoms with E-state index in [1.54, 1.807) is 0 Å². The van der Waals surface area contributed by atoms with Crippen molar-refractivity contribution in [2.45, 2.75) is 30.4 Å². The molecule has 18 heavy (non-hydrogen) atoms. The molecule has 2 atom stereocenters. The van der Waals surface area contributed by atoms with Crippen LogP contribution in [0.1, 0.15) is 25.3 Å². The van der Waals surface area contributed by atoms with Gasteiger partial charge in [0.25, 0.3) is 0 Å². The van der Waals surface area contributed by atoms with Crippen LogP contribution in [0.25, 0.3) is 0 Å². The van der Waals surface area contributed by atoms with E-state index < -0.39 is 4.33 Å². The lowest BCUT2D eigenvalue weighted by Crippen LogP contribution is -2.22. The fraction of sp³-hybridized carbons (Fsp3) is 0.571. The van der Waals surface area contributed by atoms with E-state index in [0.717, 1.165) is 5.56 Å². The summed E-state index contributed by atoms with van der Waals surface area (Å²) in [6.45, 7) is 5.06. The van der Waals surface area contributed by atoms with Gasteiger partial charge in [-0.1, -0.05) is 30.3 Å². The third kappa shape index (κ3) is 2.67. The highest BCUT2D eigenvalue weighted by molar-refractivity contribution is 6.52. The normalized spacial score (nSPS) is 25.4. The van der Waals surface area contributed by atoms with E-state index in [0.29, 0.717) is 13.2 Å². The maximum Gasteiger partial charge on any atom is 0.163 e. The van der Waals surface area contributed by atoms with Gasteiger partial charge in [-0.2, -0.15) is 0 Å². The molecule has 2 rings (SSSR count). The Morgan fingerprint density at radius 3 is 2.17 bits per heavy atom. The first-order valence-electron chi connectivity index (χ1n) is 6.28. The lowest BCUT2D eigenvalue weighted by Gasteiger charge is -2.17. The Kier molecular flexibility index (Phi) is 4.54. The Bertz CT molecular complexity index is 375. The van der Waals surface area contributed by atoms with Crippen LogP contribution in [0.5, 0.6) is 0 Å². The monoisotopic (exact) mass is 288 g/mol. The molecule has 0 unspecified atom stereocenters. The van der Waals surface area contributed by atoms with Crippen molar-refractivity contribution in [2.75, 3.05) is 13.2 Å². The van der Waals surface area contributed by atoms with Gasteiger partial charge in [-0.3, -0.25) is 0 Å². The first-order valence-corrected chi connectivity index (χ1v) is 7.04. The highest BCUT2D eigenvalue weighted by Crippen LogP contribution is 2.66. The third-order valence-corrected chi connectivity index (χ3v) is 4.20. The summed E-state index contributed by atoms with van der Waals surface area (Å²) in [6, 6.07) is 10.0. The number of hydrogen-bond acceptors (Lipinski definition) is 2. The Balaban J connectivity index is 2.14. The molecular formula is C14H18Cl2O2. The van der Waals surface area contributed by atoms with Crippen molar-refractivity contribution < 1.29 is 9.47 Å². The standard InChI is InChI=1S/C14H18Cl2O2/c1-3-17-13(18-4-2)12-11(14(12,15)16)10-8-6-5-7-9-10/h5-9,11-13H,3-4H2,1-2H3/t11-,12+/m1/s1. The van der Waals surface area contributed by atoms with Crippen molar-refractivity contribution in [2.24, 2.45) is 5.92 Å². The minimum Gasteiger partial charge on any atom is -0.353 e. The molecule has 1 aromatic rings. The van der Waals surface area contributed by atoms with E-state index in [1.807, 2.05) is 44.2 Å². The number of hydrogen-bond donors (Lipinski definition) is 0. The van der Waals surface area contributed by atoms with Crippen LogP contribution in [0.2, 0.25) is 0 Å². The minimum absolute atomic E-state index is 0.0110. The molecule has 4 heteroatoms. The summed E-state index contributed by atoms with van der Waals surface area (Å²) in [6.07, 6.45) is -0.333. The van der Waals surface area contributed by atoms with Crippen molar-refractivity contribution in [3.8, 4) is 0 Å². The topological polar surface area (TPSA) is 18.5 Å². The SMILES string of the molecule is CCOC(OCC)[C@@H]1[C@@H](c2ccccc2)C1(Cl)Cl. The van der Waals surface area contributed by atoms with Crippen LogP contribution in [0, 0.1) is 5.92 Å². The molecule has 0 amide bonds. The van der Waals surface area contributed by atoms with E-state index >= 15 is 0 Å². The van der Waals surface area contributed by atoms with Crippen LogP contribution in [-0.2, 0) is 9.47 Å². The number of rotatable bonds is 6. The Hall–Kier alpha value is -0.280. The zero-order valence-electron chi connectivity index (χ0n) is 10.6. The molecule has 0 N–H and O–H groups in total. The van der Waals surface area contributed by atoms with Gasteiger partial charge in [0.1, 0.15) is 4.33 Å². The number of halogens is 2. The molecule has 0 aliphatic heterocycles. The first-order chi connectivity index (χ1) is 8.62. The van der Waals surface area contributed by atoms with E-state index in [1.165, 1.54) is 0 Å². The van der Waals surface area contributed by atoms with Gasteiger partial charge in [0.15, 0.2) is 6.29 Å². The molecule has 0 saturated heterocycles. The fourth-order valence-corrected chi connectivity index (χ4v) is 3.22. The summed E-state index contributed by atoms with van der Waals surface area (Å²) in [7, 11) is 0. The van der Waals surface area contributed by atoms with Gasteiger partial charge in [-0.25, -0.2) is 0 Å². The predicted molar refractivity (Wildman–Crippen MR) is 74.2 cm³/mol. The van der Waals surface area contributed by atoms with Crippen LogP contribution in [0.3, 0.4) is 0 Å². The van der Waals surface area contributed by atoms with Crippen LogP contribution < -0.4 is 0 Å². The quantitative estimate of drug-likeness (QED) is 0.582. The summed E-state index contributed by atoms with van der Waals surface area (Å²) in [5.74, 6) is 0.0632. The maximum atomic E-state index is 6.38. The smallest absolute Gasteiger partial charge is 0.163 e. The van der Waals surface area contributed by atoms with Gasteiger partial charge in [0.2, 0.25) is 0 Å². The van der Waals surface area contributed by atoms with Crippen LogP contribution in [-0.4, -0.2) is 23.8 Å². The van der Waals surface area contributed by atoms with Crippen LogP contribution in [0.15, 0.2) is 30.3 Å². The molecule has 0 heterocycles. The molecule has 1 fully saturated rings. The van der Waals surface area contributed by atoms with Gasteiger partial charge in [0, 0.05) is 19.1 Å². The Labute approximate surface area is 118 Å². The van der Waals surface area contributed by atoms with Crippen LogP contribution >= 0.6 is 23.2 Å². The van der Waals surface area contributed by atoms with Crippen molar-refractivity contribution in [3.05, 3.63) is 35.9 Å². The molecule has 100 valence electrons. The van der Waals surface area contributed by atoms with E-state index in [2.05, 4.69) is 0 Å². The molecule has 1 aliphatic rings. The van der Waals surface area contributed by atoms with Gasteiger partial charge in [0.05, 0.1) is 5.92 Å². The number of alkyl halides is 2. The molecule has 1 aromatic carbocycles. The van der Waals surface area contributed by atoms with E-state index in [4.69, 9.17) is 32.7 Å². The summed E-state index contributed by atoms with van der Waals surface area (Å²) < 4.78 is 10.4. The summed E-state index contributed by atoms with van der Waals surface area (Å²) in [4.78, 5) is 0. The van der Waals surface area contributed by atoms with Gasteiger partial charge in [-0.15, -0.1) is 23.2 Å². The minimum atomic E-state index is -0.795. The second-order valence-electron chi connectivity index (χ2n) is 4.37. The maximum absolute atomic E-state index is 6.38. The number of benzene rings is 1. The molecule has 0 bridgehead atoms. The molecular weight excluding hydrogens is 271 g/mol. The van der Waals surface area contributed by atoms with Crippen molar-refractivity contribution in [1.82, 2.24) is 0 Å². The highest BCUT2D eigenvalue weighted by Gasteiger charge is 2.67. The molecule has 1 saturated carbocycles. The predicted octanol–water partition coefficient (Wildman–Crippen LogP) is 3.97.